The molecule has 0 fully saturated rings. The molecule has 6 heteroatoms. The van der Waals surface area contributed by atoms with Crippen molar-refractivity contribution in [2.45, 2.75) is 354 Å². The standard InChI is InChI=1S/C68H124O6/c1-4-7-10-13-16-19-22-25-28-30-31-32-33-34-35-36-37-38-41-43-46-49-52-55-58-61-67(70)73-64-65(63-72-66(69)60-57-54-51-48-45-42-39-27-24-21-18-15-12-9-6-3)74-68(71)62-59-56-53-50-47-44-40-29-26-23-20-17-14-11-8-5-2/h22,25,27,29-31,39-40,65H,4-21,23-24,26,28,32-38,41-64H2,1-3H3/b25-22-,31-30-,39-27-,40-29-. The molecule has 1 unspecified atom stereocenters. The van der Waals surface area contributed by atoms with Crippen molar-refractivity contribution < 1.29 is 28.6 Å². The van der Waals surface area contributed by atoms with Crippen molar-refractivity contribution in [3.8, 4) is 0 Å². The Hall–Kier alpha value is -2.63. The maximum Gasteiger partial charge on any atom is 0.306 e. The van der Waals surface area contributed by atoms with Gasteiger partial charge in [-0.3, -0.25) is 14.4 Å². The topological polar surface area (TPSA) is 78.9 Å². The summed E-state index contributed by atoms with van der Waals surface area (Å²) in [5.41, 5.74) is 0. The second-order valence-electron chi connectivity index (χ2n) is 22.0. The van der Waals surface area contributed by atoms with Gasteiger partial charge in [0.1, 0.15) is 13.2 Å². The zero-order valence-corrected chi connectivity index (χ0v) is 49.6. The van der Waals surface area contributed by atoms with Gasteiger partial charge in [0.05, 0.1) is 0 Å². The fourth-order valence-corrected chi connectivity index (χ4v) is 9.58. The summed E-state index contributed by atoms with van der Waals surface area (Å²) in [7, 11) is 0. The largest absolute Gasteiger partial charge is 0.462 e. The van der Waals surface area contributed by atoms with E-state index in [1.807, 2.05) is 0 Å². The van der Waals surface area contributed by atoms with Crippen molar-refractivity contribution in [3.63, 3.8) is 0 Å². The monoisotopic (exact) mass is 1040 g/mol. The van der Waals surface area contributed by atoms with Crippen LogP contribution in [0, 0.1) is 0 Å². The van der Waals surface area contributed by atoms with E-state index in [-0.39, 0.29) is 31.1 Å². The van der Waals surface area contributed by atoms with E-state index in [0.29, 0.717) is 19.3 Å². The third kappa shape index (κ3) is 60.2. The Morgan fingerprint density at radius 1 is 0.270 bits per heavy atom. The van der Waals surface area contributed by atoms with Crippen LogP contribution in [0.2, 0.25) is 0 Å². The first kappa shape index (κ1) is 71.4. The van der Waals surface area contributed by atoms with Crippen LogP contribution in [0.3, 0.4) is 0 Å². The Kier molecular flexibility index (Phi) is 60.7. The Bertz CT molecular complexity index is 1280. The second kappa shape index (κ2) is 62.9. The second-order valence-corrected chi connectivity index (χ2v) is 22.0. The molecule has 0 heterocycles. The zero-order valence-electron chi connectivity index (χ0n) is 49.6. The highest BCUT2D eigenvalue weighted by atomic mass is 16.6. The average molecular weight is 1040 g/mol. The van der Waals surface area contributed by atoms with Crippen molar-refractivity contribution >= 4 is 17.9 Å². The van der Waals surface area contributed by atoms with Crippen LogP contribution in [0.15, 0.2) is 48.6 Å². The number of esters is 3. The Morgan fingerprint density at radius 3 is 0.757 bits per heavy atom. The first-order valence-corrected chi connectivity index (χ1v) is 32.6. The summed E-state index contributed by atoms with van der Waals surface area (Å²) < 4.78 is 16.9. The highest BCUT2D eigenvalue weighted by molar-refractivity contribution is 5.71. The van der Waals surface area contributed by atoms with E-state index >= 15 is 0 Å². The maximum absolute atomic E-state index is 12.9. The first-order valence-electron chi connectivity index (χ1n) is 32.6. The predicted octanol–water partition coefficient (Wildman–Crippen LogP) is 22.2. The van der Waals surface area contributed by atoms with Gasteiger partial charge in [0.15, 0.2) is 6.10 Å². The van der Waals surface area contributed by atoms with Gasteiger partial charge in [-0.15, -0.1) is 0 Å². The molecule has 0 aromatic carbocycles. The van der Waals surface area contributed by atoms with Gasteiger partial charge in [0.2, 0.25) is 0 Å². The molecule has 0 aliphatic heterocycles. The molecule has 6 nitrogen and oxygen atoms in total. The van der Waals surface area contributed by atoms with Gasteiger partial charge in [-0.1, -0.05) is 275 Å². The van der Waals surface area contributed by atoms with Crippen LogP contribution in [0.5, 0.6) is 0 Å². The van der Waals surface area contributed by atoms with Crippen LogP contribution >= 0.6 is 0 Å². The van der Waals surface area contributed by atoms with Crippen LogP contribution in [0.1, 0.15) is 348 Å². The van der Waals surface area contributed by atoms with E-state index in [1.165, 1.54) is 231 Å². The van der Waals surface area contributed by atoms with Gasteiger partial charge in [-0.05, 0) is 103 Å². The predicted molar refractivity (Wildman–Crippen MR) is 321 cm³/mol. The van der Waals surface area contributed by atoms with Crippen molar-refractivity contribution in [3.05, 3.63) is 48.6 Å². The Labute approximate surface area is 460 Å². The van der Waals surface area contributed by atoms with Crippen molar-refractivity contribution in [1.82, 2.24) is 0 Å². The highest BCUT2D eigenvalue weighted by Crippen LogP contribution is 2.17. The molecular formula is C68H124O6. The molecule has 0 aromatic rings. The fourth-order valence-electron chi connectivity index (χ4n) is 9.58. The fraction of sp³-hybridized carbons (Fsp3) is 0.838. The minimum atomic E-state index is -0.781. The number of carbonyl (C=O) groups is 3. The van der Waals surface area contributed by atoms with Gasteiger partial charge in [-0.2, -0.15) is 0 Å². The molecule has 0 rings (SSSR count). The molecule has 1 atom stereocenters. The number of hydrogen-bond donors (Lipinski definition) is 0. The average Bonchev–Trinajstić information content (AvgIpc) is 3.40. The van der Waals surface area contributed by atoms with E-state index < -0.39 is 6.10 Å². The lowest BCUT2D eigenvalue weighted by Gasteiger charge is -2.18. The Morgan fingerprint density at radius 2 is 0.486 bits per heavy atom. The number of ether oxygens (including phenoxy) is 3. The van der Waals surface area contributed by atoms with Crippen LogP contribution < -0.4 is 0 Å². The van der Waals surface area contributed by atoms with Gasteiger partial charge in [-0.25, -0.2) is 0 Å². The number of carbonyl (C=O) groups excluding carboxylic acids is 3. The molecule has 0 saturated heterocycles. The molecule has 432 valence electrons. The van der Waals surface area contributed by atoms with Gasteiger partial charge in [0.25, 0.3) is 0 Å². The third-order valence-corrected chi connectivity index (χ3v) is 14.5. The lowest BCUT2D eigenvalue weighted by molar-refractivity contribution is -0.167. The molecule has 0 spiro atoms. The SMILES string of the molecule is CCCCCCC/C=C\C/C=C\CCCCCCCCCCCCCCCC(=O)OCC(COC(=O)CCCCCCC/C=C\CCCCCCCC)OC(=O)CCCCCCC/C=C\CCCCCCCCC. The van der Waals surface area contributed by atoms with E-state index in [9.17, 15) is 14.4 Å². The maximum atomic E-state index is 12.9. The Balaban J connectivity index is 4.29. The van der Waals surface area contributed by atoms with Crippen LogP contribution in [0.25, 0.3) is 0 Å². The molecule has 0 aliphatic rings. The zero-order chi connectivity index (χ0) is 53.6. The van der Waals surface area contributed by atoms with Gasteiger partial charge < -0.3 is 14.2 Å². The smallest absolute Gasteiger partial charge is 0.306 e. The van der Waals surface area contributed by atoms with Crippen molar-refractivity contribution in [2.75, 3.05) is 13.2 Å². The van der Waals surface area contributed by atoms with Gasteiger partial charge in [0, 0.05) is 19.3 Å². The number of rotatable bonds is 60. The highest BCUT2D eigenvalue weighted by Gasteiger charge is 2.19. The third-order valence-electron chi connectivity index (χ3n) is 14.5. The number of unbranched alkanes of at least 4 members (excludes halogenated alkanes) is 41. The summed E-state index contributed by atoms with van der Waals surface area (Å²) in [5, 5.41) is 0. The van der Waals surface area contributed by atoms with Crippen molar-refractivity contribution in [1.29, 1.82) is 0 Å². The summed E-state index contributed by atoms with van der Waals surface area (Å²) in [6.07, 6.45) is 78.3. The number of hydrogen-bond acceptors (Lipinski definition) is 6. The summed E-state index contributed by atoms with van der Waals surface area (Å²) in [6, 6.07) is 0. The molecular weight excluding hydrogens is 913 g/mol. The van der Waals surface area contributed by atoms with E-state index in [4.69, 9.17) is 14.2 Å². The normalized spacial score (nSPS) is 12.3. The number of allylic oxidation sites excluding steroid dienone is 8. The van der Waals surface area contributed by atoms with Gasteiger partial charge >= 0.3 is 17.9 Å². The summed E-state index contributed by atoms with van der Waals surface area (Å²) in [5.74, 6) is -0.875. The molecule has 0 bridgehead atoms. The van der Waals surface area contributed by atoms with E-state index in [1.54, 1.807) is 0 Å². The quantitative estimate of drug-likeness (QED) is 0.0261. The van der Waals surface area contributed by atoms with Crippen LogP contribution in [-0.4, -0.2) is 37.2 Å². The van der Waals surface area contributed by atoms with Crippen molar-refractivity contribution in [2.24, 2.45) is 0 Å². The first-order chi connectivity index (χ1) is 36.5. The molecule has 0 aliphatic carbocycles. The van der Waals surface area contributed by atoms with Crippen LogP contribution in [0.4, 0.5) is 0 Å². The lowest BCUT2D eigenvalue weighted by atomic mass is 10.0. The summed E-state index contributed by atoms with van der Waals surface area (Å²) in [4.78, 5) is 38.3. The van der Waals surface area contributed by atoms with Crippen LogP contribution in [-0.2, 0) is 28.6 Å². The lowest BCUT2D eigenvalue weighted by Crippen LogP contribution is -2.30. The molecule has 74 heavy (non-hydrogen) atoms. The minimum Gasteiger partial charge on any atom is -0.462 e. The molecule has 0 saturated carbocycles. The molecule has 0 N–H and O–H groups in total. The molecule has 0 radical (unpaired) electrons. The summed E-state index contributed by atoms with van der Waals surface area (Å²) >= 11 is 0. The molecule has 0 amide bonds. The van der Waals surface area contributed by atoms with E-state index in [2.05, 4.69) is 69.4 Å². The molecule has 0 aromatic heterocycles. The summed E-state index contributed by atoms with van der Waals surface area (Å²) in [6.45, 7) is 6.66. The van der Waals surface area contributed by atoms with E-state index in [0.717, 1.165) is 77.0 Å². The minimum absolute atomic E-state index is 0.0769.